The summed E-state index contributed by atoms with van der Waals surface area (Å²) in [5.74, 6) is -0.462. The lowest BCUT2D eigenvalue weighted by Gasteiger charge is -2.36. The molecule has 3 aromatic rings. The molecule has 0 radical (unpaired) electrons. The van der Waals surface area contributed by atoms with Gasteiger partial charge in [0.2, 0.25) is 0 Å². The molecule has 3 aliphatic rings. The van der Waals surface area contributed by atoms with Crippen LogP contribution in [0.25, 0.3) is 0 Å². The van der Waals surface area contributed by atoms with Crippen molar-refractivity contribution < 1.29 is 9.53 Å². The Kier molecular flexibility index (Phi) is 6.12. The van der Waals surface area contributed by atoms with Crippen molar-refractivity contribution in [2.45, 2.75) is 19.9 Å². The Bertz CT molecular complexity index is 1580. The first-order valence-electron chi connectivity index (χ1n) is 12.1. The molecule has 38 heavy (non-hydrogen) atoms. The van der Waals surface area contributed by atoms with Crippen LogP contribution in [-0.2, 0) is 9.53 Å². The van der Waals surface area contributed by atoms with Gasteiger partial charge in [-0.25, -0.2) is 9.98 Å². The molecule has 11 heteroatoms. The fraction of sp³-hybridized carbons (Fsp3) is 0.185. The van der Waals surface area contributed by atoms with Crippen LogP contribution in [-0.4, -0.2) is 44.4 Å². The van der Waals surface area contributed by atoms with Crippen molar-refractivity contribution in [1.29, 1.82) is 0 Å². The first-order chi connectivity index (χ1) is 18.6. The van der Waals surface area contributed by atoms with Gasteiger partial charge in [0.1, 0.15) is 12.2 Å². The van der Waals surface area contributed by atoms with E-state index < -0.39 is 12.0 Å². The molecule has 0 fully saturated rings. The highest BCUT2D eigenvalue weighted by Gasteiger charge is 2.47. The predicted molar refractivity (Wildman–Crippen MR) is 147 cm³/mol. The van der Waals surface area contributed by atoms with Gasteiger partial charge in [0.05, 0.1) is 29.6 Å². The Hall–Kier alpha value is -4.51. The van der Waals surface area contributed by atoms with Gasteiger partial charge in [-0.2, -0.15) is 14.8 Å². The molecule has 0 N–H and O–H groups in total. The van der Waals surface area contributed by atoms with Crippen LogP contribution in [0.5, 0.6) is 0 Å². The van der Waals surface area contributed by atoms with E-state index in [1.165, 1.54) is 29.5 Å². The van der Waals surface area contributed by atoms with Crippen molar-refractivity contribution in [3.63, 3.8) is 0 Å². The quantitative estimate of drug-likeness (QED) is 0.355. The standard InChI is InChI=1S/C27H23N7O3S/c1-3-37-16-29-32-15-28-24-22(25(32)35)23(18-10-6-4-7-11-18)33-20(14-38-27(33)30-24)21-17(2)31-34(26(21)36)19-12-8-5-9-13-19/h4-16,21,23H,3H2,1-2H3/b29-16+. The Morgan fingerprint density at radius 3 is 2.55 bits per heavy atom. The second-order valence-electron chi connectivity index (χ2n) is 8.71. The maximum Gasteiger partial charge on any atom is 0.281 e. The predicted octanol–water partition coefficient (Wildman–Crippen LogP) is 4.09. The van der Waals surface area contributed by atoms with Crippen molar-refractivity contribution in [2.24, 2.45) is 21.1 Å². The van der Waals surface area contributed by atoms with E-state index in [1.54, 1.807) is 0 Å². The molecule has 1 aromatic heterocycles. The van der Waals surface area contributed by atoms with Gasteiger partial charge >= 0.3 is 0 Å². The molecule has 0 bridgehead atoms. The van der Waals surface area contributed by atoms with E-state index in [-0.39, 0.29) is 11.5 Å². The summed E-state index contributed by atoms with van der Waals surface area (Å²) in [5.41, 5.74) is 2.93. The topological polar surface area (TPSA) is 105 Å². The highest BCUT2D eigenvalue weighted by Crippen LogP contribution is 2.47. The zero-order chi connectivity index (χ0) is 26.2. The van der Waals surface area contributed by atoms with Crippen molar-refractivity contribution in [2.75, 3.05) is 11.6 Å². The average molecular weight is 526 g/mol. The first-order valence-corrected chi connectivity index (χ1v) is 13.0. The number of carbonyl (C=O) groups is 1. The maximum absolute atomic E-state index is 13.7. The number of thioether (sulfide) groups is 1. The van der Waals surface area contributed by atoms with Crippen LogP contribution in [0.1, 0.15) is 31.0 Å². The monoisotopic (exact) mass is 525 g/mol. The van der Waals surface area contributed by atoms with Gasteiger partial charge in [-0.15, -0.1) is 5.10 Å². The van der Waals surface area contributed by atoms with Gasteiger partial charge in [0.15, 0.2) is 17.4 Å². The van der Waals surface area contributed by atoms with Crippen LogP contribution < -0.4 is 10.6 Å². The molecule has 2 unspecified atom stereocenters. The fourth-order valence-corrected chi connectivity index (χ4v) is 5.67. The van der Waals surface area contributed by atoms with Crippen molar-refractivity contribution in [3.8, 4) is 0 Å². The number of hydrazone groups is 1. The molecule has 0 saturated carbocycles. The number of hydrogen-bond acceptors (Lipinski definition) is 9. The maximum atomic E-state index is 13.7. The number of aromatic nitrogens is 2. The van der Waals surface area contributed by atoms with Gasteiger partial charge in [0, 0.05) is 5.70 Å². The van der Waals surface area contributed by atoms with Crippen LogP contribution >= 0.6 is 11.8 Å². The number of aliphatic imine (C=N–C) groups is 1. The molecule has 10 nitrogen and oxygen atoms in total. The Morgan fingerprint density at radius 1 is 1.08 bits per heavy atom. The van der Waals surface area contributed by atoms with Gasteiger partial charge < -0.3 is 9.64 Å². The minimum atomic E-state index is -0.627. The number of amidine groups is 1. The number of amides is 1. The molecular formula is C27H23N7O3S. The molecule has 0 aliphatic carbocycles. The lowest BCUT2D eigenvalue weighted by Crippen LogP contribution is -2.42. The molecule has 0 spiro atoms. The molecular weight excluding hydrogens is 502 g/mol. The number of para-hydroxylation sites is 1. The smallest absolute Gasteiger partial charge is 0.281 e. The van der Waals surface area contributed by atoms with E-state index in [4.69, 9.17) is 9.73 Å². The minimum absolute atomic E-state index is 0.163. The molecule has 190 valence electrons. The molecule has 2 aromatic carbocycles. The van der Waals surface area contributed by atoms with Crippen molar-refractivity contribution in [1.82, 2.24) is 14.6 Å². The van der Waals surface area contributed by atoms with Gasteiger partial charge in [0.25, 0.3) is 11.5 Å². The van der Waals surface area contributed by atoms with Crippen LogP contribution in [0.4, 0.5) is 11.5 Å². The second-order valence-corrected chi connectivity index (χ2v) is 9.54. The van der Waals surface area contributed by atoms with Crippen molar-refractivity contribution in [3.05, 3.63) is 99.6 Å². The van der Waals surface area contributed by atoms with Gasteiger partial charge in [-0.1, -0.05) is 60.3 Å². The largest absolute Gasteiger partial charge is 0.482 e. The summed E-state index contributed by atoms with van der Waals surface area (Å²) in [6, 6.07) is 18.4. The highest BCUT2D eigenvalue weighted by molar-refractivity contribution is 8.16. The summed E-state index contributed by atoms with van der Waals surface area (Å²) < 4.78 is 6.33. The summed E-state index contributed by atoms with van der Waals surface area (Å²) in [5, 5.41) is 12.7. The van der Waals surface area contributed by atoms with Crippen LogP contribution in [0.2, 0.25) is 0 Å². The number of nitrogens with zero attached hydrogens (tertiary/aromatic N) is 7. The van der Waals surface area contributed by atoms with Gasteiger partial charge in [-0.05, 0) is 37.0 Å². The van der Waals surface area contributed by atoms with E-state index in [0.29, 0.717) is 40.3 Å². The third kappa shape index (κ3) is 3.91. The van der Waals surface area contributed by atoms with E-state index in [2.05, 4.69) is 15.2 Å². The first kappa shape index (κ1) is 23.9. The van der Waals surface area contributed by atoms with E-state index >= 15 is 0 Å². The van der Waals surface area contributed by atoms with Crippen LogP contribution in [0.3, 0.4) is 0 Å². The number of fused-ring (bicyclic) bond motifs is 2. The number of ether oxygens (including phenoxy) is 1. The number of anilines is 1. The fourth-order valence-electron chi connectivity index (χ4n) is 4.73. The third-order valence-corrected chi connectivity index (χ3v) is 7.29. The third-order valence-electron chi connectivity index (χ3n) is 6.43. The Balaban J connectivity index is 1.46. The molecule has 0 saturated heterocycles. The highest BCUT2D eigenvalue weighted by atomic mass is 32.2. The van der Waals surface area contributed by atoms with E-state index in [9.17, 15) is 9.59 Å². The minimum Gasteiger partial charge on any atom is -0.482 e. The Morgan fingerprint density at radius 2 is 1.82 bits per heavy atom. The SMILES string of the molecule is CCO/C=N/n1cnc2c(c1=O)C(c1ccccc1)N1C(C3C(=O)N(c4ccccc4)N=C3C)=CSC1=N2. The summed E-state index contributed by atoms with van der Waals surface area (Å²) in [7, 11) is 0. The zero-order valence-electron chi connectivity index (χ0n) is 20.6. The number of hydrogen-bond donors (Lipinski definition) is 0. The zero-order valence-corrected chi connectivity index (χ0v) is 21.4. The van der Waals surface area contributed by atoms with E-state index in [0.717, 1.165) is 10.2 Å². The molecule has 4 heterocycles. The summed E-state index contributed by atoms with van der Waals surface area (Å²) >= 11 is 1.40. The summed E-state index contributed by atoms with van der Waals surface area (Å²) in [4.78, 5) is 38.5. The molecule has 2 atom stereocenters. The number of carbonyl (C=O) groups excluding carboxylic acids is 1. The van der Waals surface area contributed by atoms with E-state index in [1.807, 2.05) is 84.8 Å². The molecule has 6 rings (SSSR count). The molecule has 3 aliphatic heterocycles. The lowest BCUT2D eigenvalue weighted by molar-refractivity contribution is -0.119. The summed E-state index contributed by atoms with van der Waals surface area (Å²) in [6.45, 7) is 4.10. The number of benzene rings is 2. The van der Waals surface area contributed by atoms with Crippen LogP contribution in [0.15, 0.2) is 98.1 Å². The molecule has 1 amide bonds. The Labute approximate surface area is 222 Å². The van der Waals surface area contributed by atoms with Crippen molar-refractivity contribution >= 4 is 46.5 Å². The van der Waals surface area contributed by atoms with Crippen LogP contribution in [0, 0.1) is 5.92 Å². The summed E-state index contributed by atoms with van der Waals surface area (Å²) in [6.07, 6.45) is 2.55. The second kappa shape index (κ2) is 9.75. The lowest BCUT2D eigenvalue weighted by atomic mass is 9.93. The van der Waals surface area contributed by atoms with Gasteiger partial charge in [-0.3, -0.25) is 9.59 Å². The number of rotatable bonds is 6. The normalized spacial score (nSPS) is 20.3. The average Bonchev–Trinajstić information content (AvgIpc) is 3.49.